The second kappa shape index (κ2) is 7.47. The Balaban J connectivity index is 2.85. The highest BCUT2D eigenvalue weighted by Crippen LogP contribution is 2.27. The number of rotatable bonds is 7. The third-order valence-electron chi connectivity index (χ3n) is 2.39. The van der Waals surface area contributed by atoms with Crippen molar-refractivity contribution in [3.63, 3.8) is 0 Å². The molecule has 0 unspecified atom stereocenters. The molecular formula is C12H17ClN2O4S. The summed E-state index contributed by atoms with van der Waals surface area (Å²) in [6.07, 6.45) is 0.695. The van der Waals surface area contributed by atoms with E-state index in [1.54, 1.807) is 0 Å². The Kier molecular flexibility index (Phi) is 6.25. The van der Waals surface area contributed by atoms with Crippen LogP contribution >= 0.6 is 11.6 Å². The third kappa shape index (κ3) is 4.66. The SMILES string of the molecule is CCCNS(=O)(=O)c1ccc(OCC(=O)NC)c(Cl)c1. The first kappa shape index (κ1) is 16.7. The zero-order valence-electron chi connectivity index (χ0n) is 11.3. The summed E-state index contributed by atoms with van der Waals surface area (Å²) in [4.78, 5) is 11.1. The number of likely N-dealkylation sites (N-methyl/N-ethyl adjacent to an activating group) is 1. The van der Waals surface area contributed by atoms with Gasteiger partial charge in [-0.2, -0.15) is 0 Å². The Hall–Kier alpha value is -1.31. The highest BCUT2D eigenvalue weighted by Gasteiger charge is 2.15. The molecule has 1 aromatic rings. The Labute approximate surface area is 123 Å². The van der Waals surface area contributed by atoms with Gasteiger partial charge in [0.2, 0.25) is 10.0 Å². The number of nitrogens with one attached hydrogen (secondary N) is 2. The van der Waals surface area contributed by atoms with E-state index in [2.05, 4.69) is 10.0 Å². The van der Waals surface area contributed by atoms with Crippen molar-refractivity contribution in [2.45, 2.75) is 18.2 Å². The molecule has 1 amide bonds. The van der Waals surface area contributed by atoms with Gasteiger partial charge in [0.05, 0.1) is 9.92 Å². The van der Waals surface area contributed by atoms with Crippen LogP contribution in [0.15, 0.2) is 23.1 Å². The van der Waals surface area contributed by atoms with Gasteiger partial charge >= 0.3 is 0 Å². The fourth-order valence-electron chi connectivity index (χ4n) is 1.30. The molecule has 0 aliphatic carbocycles. The molecule has 0 saturated carbocycles. The normalized spacial score (nSPS) is 11.2. The summed E-state index contributed by atoms with van der Waals surface area (Å²) in [5.74, 6) is -0.0490. The van der Waals surface area contributed by atoms with Crippen LogP contribution < -0.4 is 14.8 Å². The van der Waals surface area contributed by atoms with Crippen molar-refractivity contribution in [3.05, 3.63) is 23.2 Å². The highest BCUT2D eigenvalue weighted by atomic mass is 35.5. The molecule has 20 heavy (non-hydrogen) atoms. The number of carbonyl (C=O) groups excluding carboxylic acids is 1. The zero-order valence-corrected chi connectivity index (χ0v) is 12.8. The summed E-state index contributed by atoms with van der Waals surface area (Å²) in [6, 6.07) is 4.09. The number of benzene rings is 1. The number of hydrogen-bond acceptors (Lipinski definition) is 4. The minimum absolute atomic E-state index is 0.0586. The van der Waals surface area contributed by atoms with E-state index in [1.807, 2.05) is 6.92 Å². The number of ether oxygens (including phenoxy) is 1. The zero-order chi connectivity index (χ0) is 15.2. The van der Waals surface area contributed by atoms with Crippen molar-refractivity contribution in [1.29, 1.82) is 0 Å². The lowest BCUT2D eigenvalue weighted by atomic mass is 10.3. The van der Waals surface area contributed by atoms with Crippen molar-refractivity contribution >= 4 is 27.5 Å². The van der Waals surface area contributed by atoms with Crippen LogP contribution in [0.2, 0.25) is 5.02 Å². The molecule has 0 aliphatic rings. The Morgan fingerprint density at radius 2 is 2.10 bits per heavy atom. The number of hydrogen-bond donors (Lipinski definition) is 2. The largest absolute Gasteiger partial charge is 0.482 e. The van der Waals surface area contributed by atoms with Crippen molar-refractivity contribution in [2.75, 3.05) is 20.2 Å². The molecule has 1 rings (SSSR count). The van der Waals surface area contributed by atoms with Crippen LogP contribution in [0.3, 0.4) is 0 Å². The predicted octanol–water partition coefficient (Wildman–Crippen LogP) is 1.15. The van der Waals surface area contributed by atoms with Gasteiger partial charge in [-0.3, -0.25) is 4.79 Å². The maximum absolute atomic E-state index is 11.9. The topological polar surface area (TPSA) is 84.5 Å². The van der Waals surface area contributed by atoms with E-state index in [0.717, 1.165) is 0 Å². The Morgan fingerprint density at radius 3 is 2.65 bits per heavy atom. The summed E-state index contributed by atoms with van der Waals surface area (Å²) in [7, 11) is -2.08. The smallest absolute Gasteiger partial charge is 0.257 e. The van der Waals surface area contributed by atoms with Gasteiger partial charge in [0, 0.05) is 13.6 Å². The van der Waals surface area contributed by atoms with Crippen LogP contribution in [0.1, 0.15) is 13.3 Å². The van der Waals surface area contributed by atoms with Crippen molar-refractivity contribution in [1.82, 2.24) is 10.0 Å². The van der Waals surface area contributed by atoms with E-state index in [9.17, 15) is 13.2 Å². The molecule has 0 bridgehead atoms. The lowest BCUT2D eigenvalue weighted by molar-refractivity contribution is -0.122. The molecule has 0 fully saturated rings. The third-order valence-corrected chi connectivity index (χ3v) is 4.15. The van der Waals surface area contributed by atoms with Gasteiger partial charge in [-0.15, -0.1) is 0 Å². The minimum atomic E-state index is -3.57. The maximum Gasteiger partial charge on any atom is 0.257 e. The summed E-state index contributed by atoms with van der Waals surface area (Å²) < 4.78 is 31.4. The van der Waals surface area contributed by atoms with Crippen LogP contribution in [-0.4, -0.2) is 34.5 Å². The molecule has 2 N–H and O–H groups in total. The minimum Gasteiger partial charge on any atom is -0.482 e. The molecule has 0 radical (unpaired) electrons. The standard InChI is InChI=1S/C12H17ClN2O4S/c1-3-6-15-20(17,18)9-4-5-11(10(13)7-9)19-8-12(16)14-2/h4-5,7,15H,3,6,8H2,1-2H3,(H,14,16). The number of amides is 1. The molecular weight excluding hydrogens is 304 g/mol. The molecule has 0 spiro atoms. The average molecular weight is 321 g/mol. The number of halogens is 1. The summed E-state index contributed by atoms with van der Waals surface area (Å²) in [5.41, 5.74) is 0. The van der Waals surface area contributed by atoms with Gasteiger partial charge in [-0.05, 0) is 24.6 Å². The van der Waals surface area contributed by atoms with Crippen LogP contribution in [0.4, 0.5) is 0 Å². The molecule has 1 aromatic carbocycles. The summed E-state index contributed by atoms with van der Waals surface area (Å²) in [5, 5.41) is 2.53. The van der Waals surface area contributed by atoms with Crippen LogP contribution in [0.25, 0.3) is 0 Å². The van der Waals surface area contributed by atoms with E-state index < -0.39 is 10.0 Å². The maximum atomic E-state index is 11.9. The van der Waals surface area contributed by atoms with Crippen molar-refractivity contribution in [2.24, 2.45) is 0 Å². The van der Waals surface area contributed by atoms with Crippen molar-refractivity contribution < 1.29 is 17.9 Å². The Bertz CT molecular complexity index is 575. The first-order valence-electron chi connectivity index (χ1n) is 6.03. The van der Waals surface area contributed by atoms with Crippen LogP contribution in [0, 0.1) is 0 Å². The lowest BCUT2D eigenvalue weighted by Crippen LogP contribution is -2.25. The second-order valence-corrected chi connectivity index (χ2v) is 6.13. The van der Waals surface area contributed by atoms with Gasteiger partial charge < -0.3 is 10.1 Å². The van der Waals surface area contributed by atoms with Gasteiger partial charge in [0.25, 0.3) is 5.91 Å². The molecule has 6 nitrogen and oxygen atoms in total. The first-order valence-corrected chi connectivity index (χ1v) is 7.89. The van der Waals surface area contributed by atoms with Crippen LogP contribution in [-0.2, 0) is 14.8 Å². The fraction of sp³-hybridized carbons (Fsp3) is 0.417. The first-order chi connectivity index (χ1) is 9.40. The molecule has 0 saturated heterocycles. The Morgan fingerprint density at radius 1 is 1.40 bits per heavy atom. The van der Waals surface area contributed by atoms with Crippen molar-refractivity contribution in [3.8, 4) is 5.75 Å². The van der Waals surface area contributed by atoms with Gasteiger partial charge in [0.15, 0.2) is 6.61 Å². The van der Waals surface area contributed by atoms with Crippen LogP contribution in [0.5, 0.6) is 5.75 Å². The molecule has 0 heterocycles. The molecule has 8 heteroatoms. The van der Waals surface area contributed by atoms with E-state index in [1.165, 1.54) is 25.2 Å². The lowest BCUT2D eigenvalue weighted by Gasteiger charge is -2.10. The van der Waals surface area contributed by atoms with E-state index in [-0.39, 0.29) is 28.2 Å². The fourth-order valence-corrected chi connectivity index (χ4v) is 2.76. The monoisotopic (exact) mass is 320 g/mol. The molecule has 0 aromatic heterocycles. The average Bonchev–Trinajstić information content (AvgIpc) is 2.43. The highest BCUT2D eigenvalue weighted by molar-refractivity contribution is 7.89. The number of carbonyl (C=O) groups is 1. The van der Waals surface area contributed by atoms with Gasteiger partial charge in [-0.25, -0.2) is 13.1 Å². The summed E-state index contributed by atoms with van der Waals surface area (Å²) in [6.45, 7) is 2.04. The van der Waals surface area contributed by atoms with E-state index >= 15 is 0 Å². The van der Waals surface area contributed by atoms with Gasteiger partial charge in [-0.1, -0.05) is 18.5 Å². The molecule has 0 atom stereocenters. The van der Waals surface area contributed by atoms with E-state index in [0.29, 0.717) is 13.0 Å². The molecule has 112 valence electrons. The second-order valence-electron chi connectivity index (χ2n) is 3.95. The van der Waals surface area contributed by atoms with Gasteiger partial charge in [0.1, 0.15) is 5.75 Å². The summed E-state index contributed by atoms with van der Waals surface area (Å²) >= 11 is 5.95. The molecule has 0 aliphatic heterocycles. The van der Waals surface area contributed by atoms with E-state index in [4.69, 9.17) is 16.3 Å². The number of sulfonamides is 1. The quantitative estimate of drug-likeness (QED) is 0.789. The predicted molar refractivity (Wildman–Crippen MR) is 76.5 cm³/mol.